The second kappa shape index (κ2) is 9.99. The van der Waals surface area contributed by atoms with Gasteiger partial charge in [-0.1, -0.05) is 42.5 Å². The summed E-state index contributed by atoms with van der Waals surface area (Å²) in [6.07, 6.45) is 0.705. The number of aromatic nitrogens is 2. The van der Waals surface area contributed by atoms with Crippen molar-refractivity contribution in [3.63, 3.8) is 0 Å². The highest BCUT2D eigenvalue weighted by molar-refractivity contribution is 7.92. The number of aryl methyl sites for hydroxylation is 1. The molecule has 0 unspecified atom stereocenters. The standard InChI is InChI=1S/C21H23N3O4S/c1-17-7-5-10-19(15-17)29(25,26)24-20-11-12-21(23-22-20)28-14-6-13-27-16-18-8-3-2-4-9-18/h2-5,7-12,15H,6,13-14,16H2,1H3,(H,22,24). The molecule has 0 spiro atoms. The van der Waals surface area contributed by atoms with Crippen molar-refractivity contribution in [3.8, 4) is 5.88 Å². The van der Waals surface area contributed by atoms with Gasteiger partial charge in [-0.2, -0.15) is 0 Å². The van der Waals surface area contributed by atoms with Gasteiger partial charge in [-0.25, -0.2) is 8.42 Å². The number of hydrogen-bond donors (Lipinski definition) is 1. The summed E-state index contributed by atoms with van der Waals surface area (Å²) in [5.74, 6) is 0.455. The number of sulfonamides is 1. The topological polar surface area (TPSA) is 90.4 Å². The van der Waals surface area contributed by atoms with Crippen LogP contribution in [0, 0.1) is 6.92 Å². The Kier molecular flexibility index (Phi) is 7.15. The zero-order chi connectivity index (χ0) is 20.5. The molecule has 1 aromatic heterocycles. The highest BCUT2D eigenvalue weighted by Gasteiger charge is 2.15. The molecule has 0 atom stereocenters. The molecule has 0 radical (unpaired) electrons. The molecule has 0 bridgehead atoms. The van der Waals surface area contributed by atoms with Crippen molar-refractivity contribution in [2.75, 3.05) is 17.9 Å². The first-order valence-electron chi connectivity index (χ1n) is 9.21. The molecule has 152 valence electrons. The van der Waals surface area contributed by atoms with Crippen LogP contribution in [0.5, 0.6) is 5.88 Å². The first-order chi connectivity index (χ1) is 14.0. The number of benzene rings is 2. The summed E-state index contributed by atoms with van der Waals surface area (Å²) in [5.41, 5.74) is 1.98. The van der Waals surface area contributed by atoms with E-state index in [1.165, 1.54) is 12.1 Å². The summed E-state index contributed by atoms with van der Waals surface area (Å²) < 4.78 is 38.3. The van der Waals surface area contributed by atoms with Crippen LogP contribution in [0.4, 0.5) is 5.82 Å². The Hall–Kier alpha value is -2.97. The van der Waals surface area contributed by atoms with Crippen molar-refractivity contribution >= 4 is 15.8 Å². The molecule has 0 aliphatic carbocycles. The molecule has 1 heterocycles. The Morgan fingerprint density at radius 1 is 0.931 bits per heavy atom. The largest absolute Gasteiger partial charge is 0.477 e. The fourth-order valence-corrected chi connectivity index (χ4v) is 3.63. The van der Waals surface area contributed by atoms with Gasteiger partial charge in [-0.15, -0.1) is 10.2 Å². The summed E-state index contributed by atoms with van der Waals surface area (Å²) in [6.45, 7) is 3.39. The summed E-state index contributed by atoms with van der Waals surface area (Å²) in [4.78, 5) is 0.176. The maximum Gasteiger partial charge on any atom is 0.263 e. The number of hydrogen-bond acceptors (Lipinski definition) is 6. The lowest BCUT2D eigenvalue weighted by atomic mass is 10.2. The first kappa shape index (κ1) is 20.8. The number of ether oxygens (including phenoxy) is 2. The Morgan fingerprint density at radius 3 is 2.48 bits per heavy atom. The smallest absolute Gasteiger partial charge is 0.263 e. The minimum Gasteiger partial charge on any atom is -0.477 e. The molecule has 29 heavy (non-hydrogen) atoms. The van der Waals surface area contributed by atoms with Crippen molar-refractivity contribution in [2.45, 2.75) is 24.8 Å². The molecule has 1 N–H and O–H groups in total. The van der Waals surface area contributed by atoms with Gasteiger partial charge in [0.2, 0.25) is 5.88 Å². The van der Waals surface area contributed by atoms with E-state index >= 15 is 0 Å². The van der Waals surface area contributed by atoms with Crippen molar-refractivity contribution in [1.29, 1.82) is 0 Å². The van der Waals surface area contributed by atoms with Gasteiger partial charge in [0.15, 0.2) is 5.82 Å². The van der Waals surface area contributed by atoms with Crippen LogP contribution in [-0.2, 0) is 21.4 Å². The molecule has 0 saturated heterocycles. The van der Waals surface area contributed by atoms with E-state index in [0.29, 0.717) is 32.1 Å². The van der Waals surface area contributed by atoms with Crippen LogP contribution in [0.15, 0.2) is 71.6 Å². The predicted molar refractivity (Wildman–Crippen MR) is 110 cm³/mol. The van der Waals surface area contributed by atoms with Crippen LogP contribution in [-0.4, -0.2) is 31.8 Å². The molecular weight excluding hydrogens is 390 g/mol. The Morgan fingerprint density at radius 2 is 1.76 bits per heavy atom. The highest BCUT2D eigenvalue weighted by atomic mass is 32.2. The molecule has 0 aliphatic rings. The molecule has 3 aromatic rings. The average Bonchev–Trinajstić information content (AvgIpc) is 2.72. The zero-order valence-electron chi connectivity index (χ0n) is 16.1. The molecular formula is C21H23N3O4S. The molecule has 0 aliphatic heterocycles. The maximum absolute atomic E-state index is 12.4. The Labute approximate surface area is 170 Å². The van der Waals surface area contributed by atoms with Crippen LogP contribution < -0.4 is 9.46 Å². The summed E-state index contributed by atoms with van der Waals surface area (Å²) >= 11 is 0. The fourth-order valence-electron chi connectivity index (χ4n) is 2.53. The van der Waals surface area contributed by atoms with Crippen LogP contribution in [0.2, 0.25) is 0 Å². The Bertz CT molecular complexity index is 1010. The SMILES string of the molecule is Cc1cccc(S(=O)(=O)Nc2ccc(OCCCOCc3ccccc3)nn2)c1. The molecule has 0 saturated carbocycles. The van der Waals surface area contributed by atoms with E-state index in [4.69, 9.17) is 9.47 Å². The van der Waals surface area contributed by atoms with Gasteiger partial charge in [-0.3, -0.25) is 4.72 Å². The van der Waals surface area contributed by atoms with Crippen molar-refractivity contribution in [1.82, 2.24) is 10.2 Å². The summed E-state index contributed by atoms with van der Waals surface area (Å²) in [5, 5.41) is 7.77. The van der Waals surface area contributed by atoms with Gasteiger partial charge in [0.1, 0.15) is 0 Å². The molecule has 0 amide bonds. The quantitative estimate of drug-likeness (QED) is 0.511. The average molecular weight is 413 g/mol. The van der Waals surface area contributed by atoms with E-state index in [-0.39, 0.29) is 10.7 Å². The van der Waals surface area contributed by atoms with Crippen molar-refractivity contribution in [3.05, 3.63) is 77.9 Å². The third-order valence-corrected chi connectivity index (χ3v) is 5.33. The van der Waals surface area contributed by atoms with Crippen LogP contribution in [0.25, 0.3) is 0 Å². The minimum atomic E-state index is -3.71. The number of rotatable bonds is 10. The van der Waals surface area contributed by atoms with E-state index in [1.807, 2.05) is 43.3 Å². The van der Waals surface area contributed by atoms with E-state index in [1.54, 1.807) is 18.2 Å². The van der Waals surface area contributed by atoms with Crippen LogP contribution in [0.1, 0.15) is 17.5 Å². The molecule has 0 fully saturated rings. The number of nitrogens with zero attached hydrogens (tertiary/aromatic N) is 2. The van der Waals surface area contributed by atoms with Crippen LogP contribution >= 0.6 is 0 Å². The third kappa shape index (κ3) is 6.55. The van der Waals surface area contributed by atoms with Gasteiger partial charge in [0, 0.05) is 12.5 Å². The van der Waals surface area contributed by atoms with E-state index in [0.717, 1.165) is 11.1 Å². The van der Waals surface area contributed by atoms with E-state index in [2.05, 4.69) is 14.9 Å². The first-order valence-corrected chi connectivity index (χ1v) is 10.7. The molecule has 2 aromatic carbocycles. The van der Waals surface area contributed by atoms with Gasteiger partial charge in [0.05, 0.1) is 24.7 Å². The van der Waals surface area contributed by atoms with Crippen molar-refractivity contribution < 1.29 is 17.9 Å². The Balaban J connectivity index is 1.42. The fraction of sp³-hybridized carbons (Fsp3) is 0.238. The van der Waals surface area contributed by atoms with E-state index < -0.39 is 10.0 Å². The van der Waals surface area contributed by atoms with Gasteiger partial charge >= 0.3 is 0 Å². The van der Waals surface area contributed by atoms with Gasteiger partial charge < -0.3 is 9.47 Å². The van der Waals surface area contributed by atoms with E-state index in [9.17, 15) is 8.42 Å². The molecule has 7 nitrogen and oxygen atoms in total. The lowest BCUT2D eigenvalue weighted by Gasteiger charge is -2.09. The molecule has 8 heteroatoms. The monoisotopic (exact) mass is 413 g/mol. The zero-order valence-corrected chi connectivity index (χ0v) is 16.9. The number of anilines is 1. The minimum absolute atomic E-state index is 0.130. The highest BCUT2D eigenvalue weighted by Crippen LogP contribution is 2.16. The van der Waals surface area contributed by atoms with Crippen LogP contribution in [0.3, 0.4) is 0 Å². The lowest BCUT2D eigenvalue weighted by Crippen LogP contribution is -2.14. The normalized spacial score (nSPS) is 11.2. The second-order valence-corrected chi connectivity index (χ2v) is 8.10. The second-order valence-electron chi connectivity index (χ2n) is 6.42. The molecule has 3 rings (SSSR count). The maximum atomic E-state index is 12.4. The van der Waals surface area contributed by atoms with Crippen molar-refractivity contribution in [2.24, 2.45) is 0 Å². The summed E-state index contributed by atoms with van der Waals surface area (Å²) in [7, 11) is -3.71. The van der Waals surface area contributed by atoms with Gasteiger partial charge in [-0.05, 0) is 36.2 Å². The lowest BCUT2D eigenvalue weighted by molar-refractivity contribution is 0.106. The summed E-state index contributed by atoms with van der Waals surface area (Å²) in [6, 6.07) is 19.7. The third-order valence-electron chi connectivity index (χ3n) is 3.97. The predicted octanol–water partition coefficient (Wildman–Crippen LogP) is 3.57. The van der Waals surface area contributed by atoms with Gasteiger partial charge in [0.25, 0.3) is 10.0 Å². The number of nitrogens with one attached hydrogen (secondary N) is 1.